The molecule has 1 unspecified atom stereocenters. The van der Waals surface area contributed by atoms with Crippen LogP contribution in [0, 0.1) is 0 Å². The normalized spacial score (nSPS) is 12.2. The van der Waals surface area contributed by atoms with Crippen LogP contribution < -0.4 is 10.9 Å². The molecule has 4 aromatic rings. The van der Waals surface area contributed by atoms with E-state index in [0.29, 0.717) is 21.7 Å². The summed E-state index contributed by atoms with van der Waals surface area (Å²) in [5, 5.41) is 4.47. The molecule has 140 valence electrons. The summed E-state index contributed by atoms with van der Waals surface area (Å²) >= 11 is 1.26. The third kappa shape index (κ3) is 3.36. The van der Waals surface area contributed by atoms with Crippen molar-refractivity contribution in [2.24, 2.45) is 7.05 Å². The van der Waals surface area contributed by atoms with Gasteiger partial charge in [-0.05, 0) is 43.3 Å². The molecule has 7 heteroatoms. The molecule has 0 saturated carbocycles. The molecule has 0 bridgehead atoms. The number of aromatic nitrogens is 3. The van der Waals surface area contributed by atoms with Crippen LogP contribution in [-0.4, -0.2) is 25.7 Å². The monoisotopic (exact) mass is 390 g/mol. The van der Waals surface area contributed by atoms with Gasteiger partial charge in [-0.3, -0.25) is 19.1 Å². The zero-order valence-electron chi connectivity index (χ0n) is 15.4. The summed E-state index contributed by atoms with van der Waals surface area (Å²) in [7, 11) is 1.67. The van der Waals surface area contributed by atoms with Gasteiger partial charge in [0.2, 0.25) is 5.91 Å². The first-order valence-electron chi connectivity index (χ1n) is 8.81. The Morgan fingerprint density at radius 2 is 1.79 bits per heavy atom. The van der Waals surface area contributed by atoms with Crippen LogP contribution >= 0.6 is 11.8 Å². The Hall–Kier alpha value is -3.19. The molecule has 0 aliphatic heterocycles. The molecular formula is C21H18N4O2S. The number of nitrogens with zero attached hydrogens (tertiary/aromatic N) is 3. The minimum absolute atomic E-state index is 0.124. The van der Waals surface area contributed by atoms with Crippen molar-refractivity contribution < 1.29 is 4.79 Å². The number of hydrogen-bond donors (Lipinski definition) is 1. The molecular weight excluding hydrogens is 372 g/mol. The van der Waals surface area contributed by atoms with E-state index in [1.165, 1.54) is 16.3 Å². The van der Waals surface area contributed by atoms with E-state index in [-0.39, 0.29) is 11.5 Å². The Kier molecular flexibility index (Phi) is 4.83. The summed E-state index contributed by atoms with van der Waals surface area (Å²) < 4.78 is 1.48. The average molecular weight is 390 g/mol. The van der Waals surface area contributed by atoms with Crippen molar-refractivity contribution in [2.75, 3.05) is 5.32 Å². The van der Waals surface area contributed by atoms with E-state index in [0.717, 1.165) is 10.9 Å². The third-order valence-electron chi connectivity index (χ3n) is 4.50. The minimum atomic E-state index is -0.439. The van der Waals surface area contributed by atoms with Crippen LogP contribution in [0.5, 0.6) is 0 Å². The van der Waals surface area contributed by atoms with Crippen LogP contribution in [0.25, 0.3) is 21.8 Å². The number of para-hydroxylation sites is 1. The van der Waals surface area contributed by atoms with E-state index >= 15 is 0 Å². The van der Waals surface area contributed by atoms with Gasteiger partial charge in [-0.25, -0.2) is 4.98 Å². The van der Waals surface area contributed by atoms with Gasteiger partial charge in [0.05, 0.1) is 27.4 Å². The maximum Gasteiger partial charge on any atom is 0.261 e. The third-order valence-corrected chi connectivity index (χ3v) is 5.64. The number of hydrogen-bond acceptors (Lipinski definition) is 5. The minimum Gasteiger partial charge on any atom is -0.324 e. The van der Waals surface area contributed by atoms with E-state index < -0.39 is 5.25 Å². The van der Waals surface area contributed by atoms with E-state index in [9.17, 15) is 9.59 Å². The summed E-state index contributed by atoms with van der Waals surface area (Å²) in [5.74, 6) is -0.163. The molecule has 2 aromatic heterocycles. The number of benzene rings is 2. The van der Waals surface area contributed by atoms with Gasteiger partial charge in [-0.15, -0.1) is 0 Å². The highest BCUT2D eigenvalue weighted by Crippen LogP contribution is 2.25. The summed E-state index contributed by atoms with van der Waals surface area (Å²) in [6.45, 7) is 1.80. The van der Waals surface area contributed by atoms with Gasteiger partial charge >= 0.3 is 0 Å². The number of thioether (sulfide) groups is 1. The summed E-state index contributed by atoms with van der Waals surface area (Å²) in [4.78, 5) is 34.2. The second kappa shape index (κ2) is 7.44. The van der Waals surface area contributed by atoms with Crippen molar-refractivity contribution in [3.05, 3.63) is 71.1 Å². The van der Waals surface area contributed by atoms with Gasteiger partial charge in [0.15, 0.2) is 5.16 Å². The SMILES string of the molecule is CC(Sc1nc2ccccc2c(=O)n1C)C(=O)Nc1cccc2ncccc12. The summed E-state index contributed by atoms with van der Waals surface area (Å²) in [6, 6.07) is 16.6. The number of carbonyl (C=O) groups is 1. The van der Waals surface area contributed by atoms with Crippen molar-refractivity contribution in [1.82, 2.24) is 14.5 Å². The van der Waals surface area contributed by atoms with Crippen molar-refractivity contribution in [1.29, 1.82) is 0 Å². The lowest BCUT2D eigenvalue weighted by Gasteiger charge is -2.15. The maximum absolute atomic E-state index is 12.8. The van der Waals surface area contributed by atoms with Crippen molar-refractivity contribution >= 4 is 45.2 Å². The standard InChI is InChI=1S/C21H18N4O2S/c1-13(19(26)23-17-11-5-10-16-14(17)8-6-12-22-16)28-21-24-18-9-4-3-7-15(18)20(27)25(21)2/h3-13H,1-2H3,(H,23,26). The molecule has 6 nitrogen and oxygen atoms in total. The molecule has 0 spiro atoms. The fourth-order valence-corrected chi connectivity index (χ4v) is 3.84. The number of anilines is 1. The number of fused-ring (bicyclic) bond motifs is 2. The number of carbonyl (C=O) groups excluding carboxylic acids is 1. The average Bonchev–Trinajstić information content (AvgIpc) is 2.72. The highest BCUT2D eigenvalue weighted by molar-refractivity contribution is 8.00. The summed E-state index contributed by atoms with van der Waals surface area (Å²) in [5.41, 5.74) is 2.03. The second-order valence-corrected chi connectivity index (χ2v) is 7.71. The molecule has 2 heterocycles. The number of rotatable bonds is 4. The molecule has 0 fully saturated rings. The van der Waals surface area contributed by atoms with Crippen molar-refractivity contribution in [2.45, 2.75) is 17.3 Å². The Bertz CT molecular complexity index is 1250. The fourth-order valence-electron chi connectivity index (χ4n) is 2.96. The smallest absolute Gasteiger partial charge is 0.261 e. The molecule has 1 atom stereocenters. The topological polar surface area (TPSA) is 76.9 Å². The number of pyridine rings is 1. The van der Waals surface area contributed by atoms with Gasteiger partial charge in [0, 0.05) is 18.6 Å². The van der Waals surface area contributed by atoms with Gasteiger partial charge in [-0.2, -0.15) is 0 Å². The van der Waals surface area contributed by atoms with Crippen LogP contribution in [0.15, 0.2) is 70.7 Å². The van der Waals surface area contributed by atoms with Gasteiger partial charge in [0.1, 0.15) is 0 Å². The lowest BCUT2D eigenvalue weighted by molar-refractivity contribution is -0.115. The predicted octanol–water partition coefficient (Wildman–Crippen LogP) is 3.60. The Labute approximate surface area is 165 Å². The Balaban J connectivity index is 1.59. The first kappa shape index (κ1) is 18.2. The fraction of sp³-hybridized carbons (Fsp3) is 0.143. The molecule has 0 aliphatic carbocycles. The molecule has 28 heavy (non-hydrogen) atoms. The van der Waals surface area contributed by atoms with Crippen LogP contribution in [0.2, 0.25) is 0 Å². The zero-order chi connectivity index (χ0) is 19.7. The first-order valence-corrected chi connectivity index (χ1v) is 9.69. The van der Waals surface area contributed by atoms with E-state index in [2.05, 4.69) is 15.3 Å². The second-order valence-electron chi connectivity index (χ2n) is 6.40. The van der Waals surface area contributed by atoms with Crippen LogP contribution in [0.4, 0.5) is 5.69 Å². The number of nitrogens with one attached hydrogen (secondary N) is 1. The highest BCUT2D eigenvalue weighted by Gasteiger charge is 2.19. The number of amides is 1. The van der Waals surface area contributed by atoms with Crippen LogP contribution in [0.1, 0.15) is 6.92 Å². The first-order chi connectivity index (χ1) is 13.5. The van der Waals surface area contributed by atoms with Crippen molar-refractivity contribution in [3.63, 3.8) is 0 Å². The quantitative estimate of drug-likeness (QED) is 0.426. The molecule has 1 N–H and O–H groups in total. The largest absolute Gasteiger partial charge is 0.324 e. The molecule has 0 radical (unpaired) electrons. The highest BCUT2D eigenvalue weighted by atomic mass is 32.2. The van der Waals surface area contributed by atoms with Gasteiger partial charge in [0.25, 0.3) is 5.56 Å². The summed E-state index contributed by atoms with van der Waals surface area (Å²) in [6.07, 6.45) is 1.72. The van der Waals surface area contributed by atoms with E-state index in [4.69, 9.17) is 0 Å². The predicted molar refractivity (Wildman–Crippen MR) is 113 cm³/mol. The van der Waals surface area contributed by atoms with Gasteiger partial charge < -0.3 is 5.32 Å². The van der Waals surface area contributed by atoms with Crippen LogP contribution in [0.3, 0.4) is 0 Å². The Morgan fingerprint density at radius 1 is 1.04 bits per heavy atom. The van der Waals surface area contributed by atoms with Gasteiger partial charge in [-0.1, -0.05) is 30.0 Å². The Morgan fingerprint density at radius 3 is 2.64 bits per heavy atom. The molecule has 0 aliphatic rings. The van der Waals surface area contributed by atoms with Crippen molar-refractivity contribution in [3.8, 4) is 0 Å². The molecule has 0 saturated heterocycles. The maximum atomic E-state index is 12.8. The van der Waals surface area contributed by atoms with Crippen LogP contribution in [-0.2, 0) is 11.8 Å². The lowest BCUT2D eigenvalue weighted by Crippen LogP contribution is -2.25. The van der Waals surface area contributed by atoms with E-state index in [1.807, 2.05) is 42.5 Å². The zero-order valence-corrected chi connectivity index (χ0v) is 16.2. The molecule has 4 rings (SSSR count). The van der Waals surface area contributed by atoms with E-state index in [1.54, 1.807) is 32.3 Å². The molecule has 1 amide bonds. The molecule has 2 aromatic carbocycles. The lowest BCUT2D eigenvalue weighted by atomic mass is 10.2.